The number of carbonyl (C=O) groups is 1. The SMILES string of the molecule is C[C@@H](CO)N(C=O)OC(C)(C)C. The summed E-state index contributed by atoms with van der Waals surface area (Å²) in [6.45, 7) is 7.13. The number of aliphatic hydroxyl groups excluding tert-OH is 1. The van der Waals surface area contributed by atoms with E-state index in [1.54, 1.807) is 6.92 Å². The summed E-state index contributed by atoms with van der Waals surface area (Å²) in [6, 6.07) is -0.304. The van der Waals surface area contributed by atoms with Gasteiger partial charge >= 0.3 is 0 Å². The van der Waals surface area contributed by atoms with Gasteiger partial charge in [0.2, 0.25) is 6.41 Å². The van der Waals surface area contributed by atoms with Crippen LogP contribution in [0.3, 0.4) is 0 Å². The van der Waals surface area contributed by atoms with Gasteiger partial charge in [-0.25, -0.2) is 5.06 Å². The minimum Gasteiger partial charge on any atom is -0.394 e. The number of rotatable bonds is 4. The number of carbonyl (C=O) groups excluding carboxylic acids is 1. The van der Waals surface area contributed by atoms with E-state index in [0.29, 0.717) is 6.41 Å². The summed E-state index contributed by atoms with van der Waals surface area (Å²) in [7, 11) is 0. The lowest BCUT2D eigenvalue weighted by Gasteiger charge is -2.30. The average Bonchev–Trinajstić information content (AvgIpc) is 1.97. The largest absolute Gasteiger partial charge is 0.394 e. The molecule has 1 N–H and O–H groups in total. The summed E-state index contributed by atoms with van der Waals surface area (Å²) in [5, 5.41) is 9.88. The van der Waals surface area contributed by atoms with Crippen LogP contribution in [-0.2, 0) is 9.63 Å². The van der Waals surface area contributed by atoms with Crippen molar-refractivity contribution in [1.29, 1.82) is 0 Å². The van der Waals surface area contributed by atoms with E-state index in [4.69, 9.17) is 9.94 Å². The van der Waals surface area contributed by atoms with Crippen LogP contribution < -0.4 is 0 Å². The van der Waals surface area contributed by atoms with Crippen molar-refractivity contribution in [2.75, 3.05) is 6.61 Å². The third-order valence-corrected chi connectivity index (χ3v) is 1.18. The van der Waals surface area contributed by atoms with Gasteiger partial charge in [-0.1, -0.05) is 0 Å². The summed E-state index contributed by atoms with van der Waals surface area (Å²) in [5.41, 5.74) is -0.412. The fourth-order valence-electron chi connectivity index (χ4n) is 0.612. The van der Waals surface area contributed by atoms with Crippen LogP contribution in [0.4, 0.5) is 0 Å². The van der Waals surface area contributed by atoms with Gasteiger partial charge in [-0.15, -0.1) is 0 Å². The molecule has 72 valence electrons. The highest BCUT2D eigenvalue weighted by molar-refractivity contribution is 5.45. The van der Waals surface area contributed by atoms with E-state index in [2.05, 4.69) is 0 Å². The Bertz CT molecular complexity index is 142. The Morgan fingerprint density at radius 2 is 2.08 bits per heavy atom. The Kier molecular flexibility index (Phi) is 4.20. The van der Waals surface area contributed by atoms with Crippen molar-refractivity contribution in [2.45, 2.75) is 39.3 Å². The number of hydrogen-bond acceptors (Lipinski definition) is 3. The molecular weight excluding hydrogens is 158 g/mol. The van der Waals surface area contributed by atoms with Crippen LogP contribution in [0.5, 0.6) is 0 Å². The molecule has 0 spiro atoms. The lowest BCUT2D eigenvalue weighted by molar-refractivity contribution is -0.233. The number of hydroxylamine groups is 2. The van der Waals surface area contributed by atoms with E-state index in [9.17, 15) is 4.79 Å². The average molecular weight is 175 g/mol. The summed E-state index contributed by atoms with van der Waals surface area (Å²) >= 11 is 0. The molecule has 0 aromatic rings. The Morgan fingerprint density at radius 3 is 2.33 bits per heavy atom. The molecule has 0 fully saturated rings. The maximum absolute atomic E-state index is 10.5. The molecule has 0 aliphatic heterocycles. The number of nitrogens with zero attached hydrogens (tertiary/aromatic N) is 1. The van der Waals surface area contributed by atoms with E-state index in [0.717, 1.165) is 5.06 Å². The third-order valence-electron chi connectivity index (χ3n) is 1.18. The first-order valence-corrected chi connectivity index (χ1v) is 3.94. The van der Waals surface area contributed by atoms with Crippen molar-refractivity contribution in [1.82, 2.24) is 5.06 Å². The second-order valence-corrected chi connectivity index (χ2v) is 3.70. The highest BCUT2D eigenvalue weighted by atomic mass is 16.7. The van der Waals surface area contributed by atoms with Crippen LogP contribution in [0.2, 0.25) is 0 Å². The molecule has 4 heteroatoms. The molecule has 0 saturated carbocycles. The van der Waals surface area contributed by atoms with Crippen LogP contribution >= 0.6 is 0 Å². The molecule has 1 amide bonds. The highest BCUT2D eigenvalue weighted by Gasteiger charge is 2.19. The third kappa shape index (κ3) is 4.31. The summed E-state index contributed by atoms with van der Waals surface area (Å²) in [5.74, 6) is 0. The predicted octanol–water partition coefficient (Wildman–Crippen LogP) is 0.556. The molecule has 0 radical (unpaired) electrons. The lowest BCUT2D eigenvalue weighted by atomic mass is 10.2. The number of hydrogen-bond donors (Lipinski definition) is 1. The zero-order valence-corrected chi connectivity index (χ0v) is 8.07. The van der Waals surface area contributed by atoms with Gasteiger partial charge in [-0.2, -0.15) is 0 Å². The molecule has 0 saturated heterocycles. The molecule has 0 unspecified atom stereocenters. The van der Waals surface area contributed by atoms with Crippen molar-refractivity contribution < 1.29 is 14.7 Å². The van der Waals surface area contributed by atoms with E-state index in [-0.39, 0.29) is 12.6 Å². The first-order valence-electron chi connectivity index (χ1n) is 3.94. The first kappa shape index (κ1) is 11.4. The Balaban J connectivity index is 4.08. The van der Waals surface area contributed by atoms with Crippen molar-refractivity contribution >= 4 is 6.41 Å². The molecule has 0 aromatic heterocycles. The Morgan fingerprint density at radius 1 is 1.58 bits per heavy atom. The normalized spacial score (nSPS) is 14.1. The van der Waals surface area contributed by atoms with Crippen LogP contribution in [0.1, 0.15) is 27.7 Å². The molecule has 0 rings (SSSR count). The van der Waals surface area contributed by atoms with Gasteiger partial charge in [0.1, 0.15) is 0 Å². The Labute approximate surface area is 73.1 Å². The van der Waals surface area contributed by atoms with Crippen molar-refractivity contribution in [3.05, 3.63) is 0 Å². The van der Waals surface area contributed by atoms with Gasteiger partial charge < -0.3 is 5.11 Å². The van der Waals surface area contributed by atoms with E-state index in [1.165, 1.54) is 0 Å². The zero-order chi connectivity index (χ0) is 9.78. The monoisotopic (exact) mass is 175 g/mol. The summed E-state index contributed by atoms with van der Waals surface area (Å²) in [4.78, 5) is 15.7. The molecule has 0 bridgehead atoms. The molecule has 1 atom stereocenters. The molecule has 0 aliphatic rings. The second kappa shape index (κ2) is 4.42. The van der Waals surface area contributed by atoms with E-state index >= 15 is 0 Å². The second-order valence-electron chi connectivity index (χ2n) is 3.70. The van der Waals surface area contributed by atoms with Gasteiger partial charge in [0.05, 0.1) is 18.2 Å². The zero-order valence-electron chi connectivity index (χ0n) is 8.07. The minimum atomic E-state index is -0.412. The van der Waals surface area contributed by atoms with Crippen LogP contribution in [-0.4, -0.2) is 34.8 Å². The quantitative estimate of drug-likeness (QED) is 0.501. The van der Waals surface area contributed by atoms with Gasteiger partial charge in [0.25, 0.3) is 0 Å². The first-order chi connectivity index (χ1) is 5.40. The molecule has 0 aromatic carbocycles. The standard InChI is InChI=1S/C8H17NO3/c1-7(5-10)9(6-11)12-8(2,3)4/h6-7,10H,5H2,1-4H3/t7-/m0/s1. The summed E-state index contributed by atoms with van der Waals surface area (Å²) < 4.78 is 0. The van der Waals surface area contributed by atoms with E-state index in [1.807, 2.05) is 20.8 Å². The number of aliphatic hydroxyl groups is 1. The summed E-state index contributed by atoms with van der Waals surface area (Å²) in [6.07, 6.45) is 0.576. The van der Waals surface area contributed by atoms with Gasteiger partial charge in [-0.3, -0.25) is 9.63 Å². The molecule has 12 heavy (non-hydrogen) atoms. The van der Waals surface area contributed by atoms with Gasteiger partial charge in [-0.05, 0) is 27.7 Å². The molecule has 0 heterocycles. The van der Waals surface area contributed by atoms with Crippen LogP contribution in [0, 0.1) is 0 Å². The molecule has 4 nitrogen and oxygen atoms in total. The van der Waals surface area contributed by atoms with Crippen molar-refractivity contribution in [3.63, 3.8) is 0 Å². The van der Waals surface area contributed by atoms with Gasteiger partial charge in [0, 0.05) is 0 Å². The maximum Gasteiger partial charge on any atom is 0.233 e. The number of amides is 1. The van der Waals surface area contributed by atoms with E-state index < -0.39 is 5.60 Å². The highest BCUT2D eigenvalue weighted by Crippen LogP contribution is 2.10. The maximum atomic E-state index is 10.5. The van der Waals surface area contributed by atoms with Crippen molar-refractivity contribution in [3.8, 4) is 0 Å². The lowest BCUT2D eigenvalue weighted by Crippen LogP contribution is -2.40. The van der Waals surface area contributed by atoms with Crippen molar-refractivity contribution in [2.24, 2.45) is 0 Å². The van der Waals surface area contributed by atoms with Gasteiger partial charge in [0.15, 0.2) is 0 Å². The van der Waals surface area contributed by atoms with Crippen LogP contribution in [0.15, 0.2) is 0 Å². The predicted molar refractivity (Wildman–Crippen MR) is 45.3 cm³/mol. The van der Waals surface area contributed by atoms with Crippen LogP contribution in [0.25, 0.3) is 0 Å². The Hall–Kier alpha value is -0.610. The minimum absolute atomic E-state index is 0.102. The smallest absolute Gasteiger partial charge is 0.233 e. The topological polar surface area (TPSA) is 49.8 Å². The molecule has 0 aliphatic carbocycles. The fraction of sp³-hybridized carbons (Fsp3) is 0.875. The molecular formula is C8H17NO3. The fourth-order valence-corrected chi connectivity index (χ4v) is 0.612.